The van der Waals surface area contributed by atoms with Crippen LogP contribution < -0.4 is 5.32 Å². The Bertz CT molecular complexity index is 716. The molecule has 1 aromatic carbocycles. The number of amides is 2. The number of aryl methyl sites for hydroxylation is 1. The molecule has 1 N–H and O–H groups in total. The van der Waals surface area contributed by atoms with Crippen LogP contribution in [0.25, 0.3) is 0 Å². The number of halogens is 4. The Morgan fingerprint density at radius 1 is 1.43 bits per heavy atom. The van der Waals surface area contributed by atoms with Crippen LogP contribution in [-0.4, -0.2) is 32.7 Å². The summed E-state index contributed by atoms with van der Waals surface area (Å²) in [5.74, 6) is 0.557. The number of rotatable bonds is 3. The smallest absolute Gasteiger partial charge is 0.320 e. The Morgan fingerprint density at radius 2 is 2.13 bits per heavy atom. The van der Waals surface area contributed by atoms with Gasteiger partial charge in [0, 0.05) is 14.1 Å². The van der Waals surface area contributed by atoms with Gasteiger partial charge in [0.05, 0.1) is 22.8 Å². The molecule has 0 bridgehead atoms. The van der Waals surface area contributed by atoms with Crippen molar-refractivity contribution < 1.29 is 18.0 Å². The van der Waals surface area contributed by atoms with E-state index in [-0.39, 0.29) is 17.3 Å². The number of carbonyl (C=O) groups excluding carboxylic acids is 1. The van der Waals surface area contributed by atoms with Crippen LogP contribution in [0.2, 0.25) is 5.02 Å². The zero-order chi connectivity index (χ0) is 17.2. The first-order valence-electron chi connectivity index (χ1n) is 6.40. The number of nitrogens with zero attached hydrogens (tertiary/aromatic N) is 4. The van der Waals surface area contributed by atoms with Crippen LogP contribution in [0.15, 0.2) is 24.5 Å². The van der Waals surface area contributed by atoms with Crippen molar-refractivity contribution in [1.82, 2.24) is 19.7 Å². The van der Waals surface area contributed by atoms with Crippen molar-refractivity contribution in [3.8, 4) is 0 Å². The Labute approximate surface area is 134 Å². The van der Waals surface area contributed by atoms with Crippen molar-refractivity contribution in [2.24, 2.45) is 7.05 Å². The highest BCUT2D eigenvalue weighted by molar-refractivity contribution is 6.33. The zero-order valence-electron chi connectivity index (χ0n) is 12.2. The molecule has 2 rings (SSSR count). The van der Waals surface area contributed by atoms with Gasteiger partial charge in [-0.25, -0.2) is 9.78 Å². The predicted molar refractivity (Wildman–Crippen MR) is 77.9 cm³/mol. The minimum atomic E-state index is -4.49. The molecule has 0 unspecified atom stereocenters. The van der Waals surface area contributed by atoms with E-state index in [9.17, 15) is 18.0 Å². The van der Waals surface area contributed by atoms with Gasteiger partial charge >= 0.3 is 12.2 Å². The van der Waals surface area contributed by atoms with Crippen molar-refractivity contribution in [2.45, 2.75) is 12.7 Å². The molecule has 0 aliphatic carbocycles. The van der Waals surface area contributed by atoms with Crippen LogP contribution in [0.4, 0.5) is 23.7 Å². The zero-order valence-corrected chi connectivity index (χ0v) is 13.0. The van der Waals surface area contributed by atoms with Crippen molar-refractivity contribution in [1.29, 1.82) is 0 Å². The molecule has 0 aliphatic rings. The summed E-state index contributed by atoms with van der Waals surface area (Å²) < 4.78 is 39.2. The molecule has 10 heteroatoms. The van der Waals surface area contributed by atoms with Gasteiger partial charge in [-0.15, -0.1) is 0 Å². The quantitative estimate of drug-likeness (QED) is 0.927. The largest absolute Gasteiger partial charge is 0.416 e. The van der Waals surface area contributed by atoms with Crippen molar-refractivity contribution in [3.63, 3.8) is 0 Å². The van der Waals surface area contributed by atoms with Gasteiger partial charge in [0.15, 0.2) is 0 Å². The highest BCUT2D eigenvalue weighted by atomic mass is 35.5. The normalized spacial score (nSPS) is 11.4. The van der Waals surface area contributed by atoms with E-state index >= 15 is 0 Å². The molecule has 2 aromatic rings. The molecule has 23 heavy (non-hydrogen) atoms. The van der Waals surface area contributed by atoms with Crippen LogP contribution in [0.5, 0.6) is 0 Å². The molecule has 6 nitrogen and oxygen atoms in total. The number of hydrogen-bond donors (Lipinski definition) is 1. The Morgan fingerprint density at radius 3 is 2.65 bits per heavy atom. The molecule has 2 amide bonds. The fourth-order valence-electron chi connectivity index (χ4n) is 1.75. The average molecular weight is 348 g/mol. The van der Waals surface area contributed by atoms with Crippen LogP contribution in [0, 0.1) is 0 Å². The Hall–Kier alpha value is -2.29. The average Bonchev–Trinajstić information content (AvgIpc) is 2.85. The first-order chi connectivity index (χ1) is 10.7. The molecule has 124 valence electrons. The molecular formula is C13H13ClF3N5O. The van der Waals surface area contributed by atoms with E-state index in [2.05, 4.69) is 15.4 Å². The van der Waals surface area contributed by atoms with Gasteiger partial charge in [-0.05, 0) is 18.2 Å². The molecule has 0 aliphatic heterocycles. The standard InChI is InChI=1S/C13H13ClF3N5O/c1-21(6-11-18-7-19-22(11)2)12(23)20-10-4-3-8(5-9(10)14)13(15,16)17/h3-5,7H,6H2,1-2H3,(H,20,23). The summed E-state index contributed by atoms with van der Waals surface area (Å²) in [6.07, 6.45) is -3.14. The molecule has 0 radical (unpaired) electrons. The van der Waals surface area contributed by atoms with E-state index < -0.39 is 17.8 Å². The summed E-state index contributed by atoms with van der Waals surface area (Å²) in [5, 5.41) is 6.14. The summed E-state index contributed by atoms with van der Waals surface area (Å²) >= 11 is 5.79. The van der Waals surface area contributed by atoms with Crippen LogP contribution in [-0.2, 0) is 19.8 Å². The maximum absolute atomic E-state index is 12.6. The van der Waals surface area contributed by atoms with Gasteiger partial charge in [-0.1, -0.05) is 11.6 Å². The summed E-state index contributed by atoms with van der Waals surface area (Å²) in [4.78, 5) is 17.3. The number of nitrogens with one attached hydrogen (secondary N) is 1. The lowest BCUT2D eigenvalue weighted by molar-refractivity contribution is -0.137. The van der Waals surface area contributed by atoms with E-state index in [0.29, 0.717) is 5.82 Å². The number of hydrogen-bond acceptors (Lipinski definition) is 3. The number of aromatic nitrogens is 3. The van der Waals surface area contributed by atoms with Crippen LogP contribution in [0.1, 0.15) is 11.4 Å². The van der Waals surface area contributed by atoms with Crippen molar-refractivity contribution >= 4 is 23.3 Å². The second-order valence-electron chi connectivity index (χ2n) is 4.78. The third-order valence-electron chi connectivity index (χ3n) is 3.07. The number of anilines is 1. The molecule has 1 heterocycles. The maximum Gasteiger partial charge on any atom is 0.416 e. The van der Waals surface area contributed by atoms with Crippen LogP contribution >= 0.6 is 11.6 Å². The van der Waals surface area contributed by atoms with Gasteiger partial charge in [0.1, 0.15) is 12.2 Å². The van der Waals surface area contributed by atoms with Gasteiger partial charge in [-0.3, -0.25) is 4.68 Å². The summed E-state index contributed by atoms with van der Waals surface area (Å²) in [6, 6.07) is 2.19. The lowest BCUT2D eigenvalue weighted by Crippen LogP contribution is -2.32. The van der Waals surface area contributed by atoms with Crippen molar-refractivity contribution in [2.75, 3.05) is 12.4 Å². The number of alkyl halides is 3. The van der Waals surface area contributed by atoms with E-state index in [4.69, 9.17) is 11.6 Å². The second-order valence-corrected chi connectivity index (χ2v) is 5.19. The predicted octanol–water partition coefficient (Wildman–Crippen LogP) is 3.15. The first-order valence-corrected chi connectivity index (χ1v) is 6.78. The van der Waals surface area contributed by atoms with E-state index in [1.165, 1.54) is 23.0 Å². The SMILES string of the molecule is CN(Cc1ncnn1C)C(=O)Nc1ccc(C(F)(F)F)cc1Cl. The number of carbonyl (C=O) groups is 1. The fraction of sp³-hybridized carbons (Fsp3) is 0.308. The summed E-state index contributed by atoms with van der Waals surface area (Å²) in [7, 11) is 3.20. The van der Waals surface area contributed by atoms with E-state index in [1.807, 2.05) is 0 Å². The molecule has 0 saturated heterocycles. The van der Waals surface area contributed by atoms with Gasteiger partial charge < -0.3 is 10.2 Å². The molecular weight excluding hydrogens is 335 g/mol. The third-order valence-corrected chi connectivity index (χ3v) is 3.38. The van der Waals surface area contributed by atoms with Crippen LogP contribution in [0.3, 0.4) is 0 Å². The molecule has 0 atom stereocenters. The molecule has 0 fully saturated rings. The number of benzene rings is 1. The summed E-state index contributed by atoms with van der Waals surface area (Å²) in [6.45, 7) is 0.181. The van der Waals surface area contributed by atoms with E-state index in [1.54, 1.807) is 7.05 Å². The van der Waals surface area contributed by atoms with E-state index in [0.717, 1.165) is 18.2 Å². The minimum Gasteiger partial charge on any atom is -0.320 e. The van der Waals surface area contributed by atoms with Crippen molar-refractivity contribution in [3.05, 3.63) is 40.9 Å². The third kappa shape index (κ3) is 4.13. The maximum atomic E-state index is 12.6. The topological polar surface area (TPSA) is 63.1 Å². The lowest BCUT2D eigenvalue weighted by Gasteiger charge is -2.18. The highest BCUT2D eigenvalue weighted by Gasteiger charge is 2.31. The number of urea groups is 1. The van der Waals surface area contributed by atoms with Gasteiger partial charge in [0.2, 0.25) is 0 Å². The van der Waals surface area contributed by atoms with Gasteiger partial charge in [0.25, 0.3) is 0 Å². The lowest BCUT2D eigenvalue weighted by atomic mass is 10.2. The fourth-order valence-corrected chi connectivity index (χ4v) is 1.98. The molecule has 0 saturated carbocycles. The highest BCUT2D eigenvalue weighted by Crippen LogP contribution is 2.33. The van der Waals surface area contributed by atoms with Gasteiger partial charge in [-0.2, -0.15) is 18.3 Å². The monoisotopic (exact) mass is 347 g/mol. The Kier molecular flexibility index (Phi) is 4.79. The minimum absolute atomic E-state index is 0.0921. The summed E-state index contributed by atoms with van der Waals surface area (Å²) in [5.41, 5.74) is -0.789. The Balaban J connectivity index is 2.06. The molecule has 0 spiro atoms. The second kappa shape index (κ2) is 6.45. The first kappa shape index (κ1) is 17.1. The molecule has 1 aromatic heterocycles.